The number of aromatic nitrogens is 2. The third kappa shape index (κ3) is 5.40. The summed E-state index contributed by atoms with van der Waals surface area (Å²) < 4.78 is 5.89. The van der Waals surface area contributed by atoms with Crippen molar-refractivity contribution in [1.82, 2.24) is 14.9 Å². The van der Waals surface area contributed by atoms with E-state index >= 15 is 0 Å². The third-order valence-corrected chi connectivity index (χ3v) is 7.11. The molecule has 0 spiro atoms. The molecule has 3 aromatic carbocycles. The molecular formula is C32H27N5O2. The van der Waals surface area contributed by atoms with Gasteiger partial charge in [0.15, 0.2) is 0 Å². The van der Waals surface area contributed by atoms with E-state index in [1.807, 2.05) is 66.7 Å². The van der Waals surface area contributed by atoms with Crippen LogP contribution in [0.15, 0.2) is 73.1 Å². The van der Waals surface area contributed by atoms with Gasteiger partial charge in [-0.05, 0) is 80.3 Å². The Morgan fingerprint density at radius 2 is 1.74 bits per heavy atom. The average molecular weight is 514 g/mol. The zero-order valence-corrected chi connectivity index (χ0v) is 21.7. The maximum Gasteiger partial charge on any atom is 0.300 e. The highest BCUT2D eigenvalue weighted by atomic mass is 16.5. The van der Waals surface area contributed by atoms with Crippen LogP contribution in [0.1, 0.15) is 12.5 Å². The number of hydrogen-bond donors (Lipinski definition) is 2. The van der Waals surface area contributed by atoms with Crippen molar-refractivity contribution in [3.05, 3.63) is 78.6 Å². The van der Waals surface area contributed by atoms with Crippen LogP contribution in [0.5, 0.6) is 11.5 Å². The first-order valence-electron chi connectivity index (χ1n) is 12.9. The number of piperidine rings is 1. The fourth-order valence-electron chi connectivity index (χ4n) is 5.16. The first-order chi connectivity index (χ1) is 19.1. The molecule has 7 nitrogen and oxygen atoms in total. The van der Waals surface area contributed by atoms with Crippen molar-refractivity contribution in [2.75, 3.05) is 30.8 Å². The Balaban J connectivity index is 1.28. The van der Waals surface area contributed by atoms with Crippen LogP contribution < -0.4 is 15.4 Å². The molecular weight excluding hydrogens is 486 g/mol. The van der Waals surface area contributed by atoms with Crippen LogP contribution in [-0.2, 0) is 4.79 Å². The summed E-state index contributed by atoms with van der Waals surface area (Å²) in [6, 6.07) is 21.1. The number of fused-ring (bicyclic) bond motifs is 2. The monoisotopic (exact) mass is 513 g/mol. The first kappa shape index (κ1) is 24.5. The number of anilines is 3. The van der Waals surface area contributed by atoms with E-state index in [1.165, 1.54) is 6.33 Å². The van der Waals surface area contributed by atoms with Gasteiger partial charge < -0.3 is 20.3 Å². The molecule has 3 atom stereocenters. The Hall–Kier alpha value is -4.85. The summed E-state index contributed by atoms with van der Waals surface area (Å²) in [4.78, 5) is 23.7. The topological polar surface area (TPSA) is 79.4 Å². The van der Waals surface area contributed by atoms with Crippen molar-refractivity contribution in [2.24, 2.45) is 17.8 Å². The minimum absolute atomic E-state index is 0.384. The number of para-hydroxylation sites is 1. The zero-order chi connectivity index (χ0) is 26.8. The number of hydrogen-bond acceptors (Lipinski definition) is 6. The second-order valence-corrected chi connectivity index (χ2v) is 9.87. The number of benzene rings is 3. The van der Waals surface area contributed by atoms with E-state index in [0.29, 0.717) is 29.3 Å². The molecule has 4 aromatic rings. The lowest BCUT2D eigenvalue weighted by Crippen LogP contribution is -2.18. The Labute approximate surface area is 227 Å². The zero-order valence-electron chi connectivity index (χ0n) is 21.7. The van der Waals surface area contributed by atoms with Crippen molar-refractivity contribution in [1.29, 1.82) is 0 Å². The van der Waals surface area contributed by atoms with Crippen LogP contribution in [0.2, 0.25) is 0 Å². The number of carbonyl (C=O) groups is 1. The SMILES string of the molecule is CC#CC(=O)Nc1cc2c(Nc3ccc(Oc4ccccc4)cc3)ncnc2cc1C#CC1[C@H]2CN(C)C[C@@H]12. The molecule has 2 heterocycles. The molecule has 2 aliphatic rings. The second kappa shape index (κ2) is 10.5. The second-order valence-electron chi connectivity index (χ2n) is 9.87. The molecule has 1 saturated heterocycles. The fraction of sp³-hybridized carbons (Fsp3) is 0.219. The van der Waals surface area contributed by atoms with Crippen LogP contribution in [0.25, 0.3) is 10.9 Å². The molecule has 1 aliphatic heterocycles. The standard InChI is InChI=1S/C32H27N5O2/c1-3-7-31(38)36-29-17-26-30(16-21(29)10-15-25-27-18-37(2)19-28(25)27)33-20-34-32(26)35-22-11-13-24(14-12-22)39-23-8-5-4-6-9-23/h4-6,8-9,11-14,16-17,20,25,27-28H,18-19H2,1-2H3,(H,36,38)(H,33,34,35)/t25?,27-,28+. The molecule has 0 bridgehead atoms. The van der Waals surface area contributed by atoms with Crippen LogP contribution in [0.4, 0.5) is 17.2 Å². The molecule has 1 unspecified atom stereocenters. The van der Waals surface area contributed by atoms with Crippen molar-refractivity contribution >= 4 is 34.0 Å². The minimum atomic E-state index is -0.384. The Bertz CT molecular complexity index is 1650. The van der Waals surface area contributed by atoms with Crippen molar-refractivity contribution < 1.29 is 9.53 Å². The quantitative estimate of drug-likeness (QED) is 0.353. The van der Waals surface area contributed by atoms with Gasteiger partial charge in [0, 0.05) is 30.1 Å². The maximum absolute atomic E-state index is 12.4. The molecule has 39 heavy (non-hydrogen) atoms. The molecule has 0 radical (unpaired) electrons. The summed E-state index contributed by atoms with van der Waals surface area (Å²) in [5, 5.41) is 7.03. The van der Waals surface area contributed by atoms with Gasteiger partial charge in [-0.25, -0.2) is 9.97 Å². The van der Waals surface area contributed by atoms with Crippen LogP contribution >= 0.6 is 0 Å². The molecule has 6 rings (SSSR count). The van der Waals surface area contributed by atoms with E-state index in [2.05, 4.69) is 56.2 Å². The van der Waals surface area contributed by atoms with Crippen LogP contribution in [0, 0.1) is 41.4 Å². The smallest absolute Gasteiger partial charge is 0.300 e. The highest BCUT2D eigenvalue weighted by Crippen LogP contribution is 2.50. The van der Waals surface area contributed by atoms with Gasteiger partial charge in [-0.15, -0.1) is 0 Å². The fourth-order valence-corrected chi connectivity index (χ4v) is 5.16. The average Bonchev–Trinajstić information content (AvgIpc) is 3.40. The summed E-state index contributed by atoms with van der Waals surface area (Å²) >= 11 is 0. The summed E-state index contributed by atoms with van der Waals surface area (Å²) in [5.41, 5.74) is 2.89. The van der Waals surface area contributed by atoms with Crippen LogP contribution in [-0.4, -0.2) is 40.9 Å². The molecule has 1 amide bonds. The van der Waals surface area contributed by atoms with E-state index in [9.17, 15) is 4.79 Å². The number of rotatable bonds is 5. The highest BCUT2D eigenvalue weighted by Gasteiger charge is 2.53. The maximum atomic E-state index is 12.4. The lowest BCUT2D eigenvalue weighted by atomic mass is 10.1. The molecule has 192 valence electrons. The van der Waals surface area contributed by atoms with Gasteiger partial charge in [0.05, 0.1) is 16.8 Å². The van der Waals surface area contributed by atoms with E-state index < -0.39 is 0 Å². The number of nitrogens with zero attached hydrogens (tertiary/aromatic N) is 3. The van der Waals surface area contributed by atoms with Crippen molar-refractivity contribution in [3.8, 4) is 35.2 Å². The largest absolute Gasteiger partial charge is 0.457 e. The molecule has 1 saturated carbocycles. The summed E-state index contributed by atoms with van der Waals surface area (Å²) in [6.07, 6.45) is 1.52. The van der Waals surface area contributed by atoms with E-state index in [0.717, 1.165) is 46.7 Å². The Morgan fingerprint density at radius 3 is 2.49 bits per heavy atom. The van der Waals surface area contributed by atoms with Gasteiger partial charge in [0.2, 0.25) is 0 Å². The van der Waals surface area contributed by atoms with E-state index in [4.69, 9.17) is 4.74 Å². The predicted molar refractivity (Wildman–Crippen MR) is 153 cm³/mol. The molecule has 1 aliphatic carbocycles. The van der Waals surface area contributed by atoms with Crippen molar-refractivity contribution in [3.63, 3.8) is 0 Å². The lowest BCUT2D eigenvalue weighted by molar-refractivity contribution is -0.111. The number of nitrogens with one attached hydrogen (secondary N) is 2. The Morgan fingerprint density at radius 1 is 1.00 bits per heavy atom. The predicted octanol–water partition coefficient (Wildman–Crippen LogP) is 5.29. The number of amides is 1. The number of likely N-dealkylation sites (tertiary alicyclic amines) is 1. The normalized spacial score (nSPS) is 19.2. The van der Waals surface area contributed by atoms with E-state index in [-0.39, 0.29) is 5.91 Å². The highest BCUT2D eigenvalue weighted by molar-refractivity contribution is 6.06. The minimum Gasteiger partial charge on any atom is -0.457 e. The Kier molecular flexibility index (Phi) is 6.59. The van der Waals surface area contributed by atoms with Gasteiger partial charge in [-0.3, -0.25) is 4.79 Å². The van der Waals surface area contributed by atoms with Gasteiger partial charge in [0.1, 0.15) is 23.6 Å². The molecule has 7 heteroatoms. The van der Waals surface area contributed by atoms with E-state index in [1.54, 1.807) is 6.92 Å². The van der Waals surface area contributed by atoms with Gasteiger partial charge in [-0.2, -0.15) is 0 Å². The molecule has 2 fully saturated rings. The third-order valence-electron chi connectivity index (χ3n) is 7.11. The number of ether oxygens (including phenoxy) is 1. The van der Waals surface area contributed by atoms with Crippen LogP contribution in [0.3, 0.4) is 0 Å². The summed E-state index contributed by atoms with van der Waals surface area (Å²) in [5.74, 6) is 15.4. The van der Waals surface area contributed by atoms with Gasteiger partial charge in [-0.1, -0.05) is 36.0 Å². The van der Waals surface area contributed by atoms with Gasteiger partial charge >= 0.3 is 0 Å². The summed E-state index contributed by atoms with van der Waals surface area (Å²) in [6.45, 7) is 3.83. The number of carbonyl (C=O) groups excluding carboxylic acids is 1. The molecule has 2 N–H and O–H groups in total. The summed E-state index contributed by atoms with van der Waals surface area (Å²) in [7, 11) is 2.15. The van der Waals surface area contributed by atoms with Crippen molar-refractivity contribution in [2.45, 2.75) is 6.92 Å². The lowest BCUT2D eigenvalue weighted by Gasteiger charge is -2.12. The molecule has 1 aromatic heterocycles. The first-order valence-corrected chi connectivity index (χ1v) is 12.9. The van der Waals surface area contributed by atoms with Gasteiger partial charge in [0.25, 0.3) is 5.91 Å².